The number of morpholine rings is 1. The second-order valence-corrected chi connectivity index (χ2v) is 6.04. The SMILES string of the molecule is Cc1cc(C)c(-c2ccn3nc(N4CCOCC4)nc3n2)c(O)c1. The van der Waals surface area contributed by atoms with Gasteiger partial charge in [-0.05, 0) is 37.1 Å². The molecule has 24 heavy (non-hydrogen) atoms. The Balaban J connectivity index is 1.76. The topological polar surface area (TPSA) is 75.8 Å². The smallest absolute Gasteiger partial charge is 0.254 e. The number of anilines is 1. The molecule has 2 aromatic heterocycles. The van der Waals surface area contributed by atoms with Crippen LogP contribution in [0, 0.1) is 13.8 Å². The average Bonchev–Trinajstić information content (AvgIpc) is 2.98. The lowest BCUT2D eigenvalue weighted by Gasteiger charge is -2.25. The number of aromatic hydroxyl groups is 1. The van der Waals surface area contributed by atoms with Crippen LogP contribution >= 0.6 is 0 Å². The largest absolute Gasteiger partial charge is 0.507 e. The van der Waals surface area contributed by atoms with Crippen molar-refractivity contribution < 1.29 is 9.84 Å². The molecule has 1 aliphatic heterocycles. The summed E-state index contributed by atoms with van der Waals surface area (Å²) in [4.78, 5) is 11.2. The van der Waals surface area contributed by atoms with Gasteiger partial charge in [0.15, 0.2) is 0 Å². The molecule has 4 rings (SSSR count). The first-order chi connectivity index (χ1) is 11.6. The summed E-state index contributed by atoms with van der Waals surface area (Å²) in [6.07, 6.45) is 1.83. The predicted octanol–water partition coefficient (Wildman–Crippen LogP) is 1.95. The normalized spacial score (nSPS) is 15.2. The van der Waals surface area contributed by atoms with Crippen molar-refractivity contribution in [1.29, 1.82) is 0 Å². The van der Waals surface area contributed by atoms with Crippen LogP contribution in [0.25, 0.3) is 17.0 Å². The van der Waals surface area contributed by atoms with Crippen LogP contribution in [0.1, 0.15) is 11.1 Å². The van der Waals surface area contributed by atoms with Crippen LogP contribution in [-0.2, 0) is 4.74 Å². The van der Waals surface area contributed by atoms with Gasteiger partial charge in [-0.25, -0.2) is 9.50 Å². The number of benzene rings is 1. The zero-order valence-electron chi connectivity index (χ0n) is 13.7. The Hall–Kier alpha value is -2.67. The van der Waals surface area contributed by atoms with Gasteiger partial charge in [-0.15, -0.1) is 5.10 Å². The van der Waals surface area contributed by atoms with E-state index in [1.54, 1.807) is 10.6 Å². The fraction of sp³-hybridized carbons (Fsp3) is 0.353. The first kappa shape index (κ1) is 14.9. The third-order valence-electron chi connectivity index (χ3n) is 4.21. The molecule has 0 bridgehead atoms. The van der Waals surface area contributed by atoms with Crippen molar-refractivity contribution in [2.75, 3.05) is 31.2 Å². The van der Waals surface area contributed by atoms with Crippen molar-refractivity contribution >= 4 is 11.7 Å². The molecule has 1 saturated heterocycles. The first-order valence-corrected chi connectivity index (χ1v) is 7.98. The molecule has 1 aliphatic rings. The zero-order chi connectivity index (χ0) is 16.7. The summed E-state index contributed by atoms with van der Waals surface area (Å²) in [5, 5.41) is 14.8. The van der Waals surface area contributed by atoms with Crippen molar-refractivity contribution in [3.63, 3.8) is 0 Å². The molecule has 0 atom stereocenters. The lowest BCUT2D eigenvalue weighted by Crippen LogP contribution is -2.36. The number of rotatable bonds is 2. The Morgan fingerprint density at radius 1 is 1.12 bits per heavy atom. The fourth-order valence-electron chi connectivity index (χ4n) is 3.08. The van der Waals surface area contributed by atoms with Gasteiger partial charge in [0, 0.05) is 24.8 Å². The van der Waals surface area contributed by atoms with Gasteiger partial charge in [0.05, 0.1) is 18.9 Å². The van der Waals surface area contributed by atoms with Gasteiger partial charge >= 0.3 is 0 Å². The van der Waals surface area contributed by atoms with Crippen LogP contribution in [-0.4, -0.2) is 51.0 Å². The minimum Gasteiger partial charge on any atom is -0.507 e. The quantitative estimate of drug-likeness (QED) is 0.776. The molecule has 3 heterocycles. The third-order valence-corrected chi connectivity index (χ3v) is 4.21. The van der Waals surface area contributed by atoms with Crippen LogP contribution < -0.4 is 4.90 Å². The molecule has 1 N–H and O–H groups in total. The van der Waals surface area contributed by atoms with E-state index in [-0.39, 0.29) is 5.75 Å². The van der Waals surface area contributed by atoms with Gasteiger partial charge < -0.3 is 14.7 Å². The maximum absolute atomic E-state index is 10.3. The number of aromatic nitrogens is 4. The molecule has 1 fully saturated rings. The van der Waals surface area contributed by atoms with Gasteiger partial charge in [-0.2, -0.15) is 4.98 Å². The molecule has 1 aromatic carbocycles. The fourth-order valence-corrected chi connectivity index (χ4v) is 3.08. The Bertz CT molecular complexity index is 876. The maximum Gasteiger partial charge on any atom is 0.254 e. The molecule has 7 nitrogen and oxygen atoms in total. The highest BCUT2D eigenvalue weighted by molar-refractivity contribution is 5.72. The molecule has 3 aromatic rings. The molecule has 0 amide bonds. The number of phenolic OH excluding ortho intramolecular Hbond substituents is 1. The number of aryl methyl sites for hydroxylation is 2. The standard InChI is InChI=1S/C17H19N5O2/c1-11-9-12(2)15(14(23)10-11)13-3-4-22-16(18-13)19-17(20-22)21-5-7-24-8-6-21/h3-4,9-10,23H,5-8H2,1-2H3. The summed E-state index contributed by atoms with van der Waals surface area (Å²) in [6, 6.07) is 5.63. The van der Waals surface area contributed by atoms with E-state index in [9.17, 15) is 5.11 Å². The second kappa shape index (κ2) is 5.76. The van der Waals surface area contributed by atoms with Crippen molar-refractivity contribution in [2.24, 2.45) is 0 Å². The van der Waals surface area contributed by atoms with Crippen LogP contribution in [0.3, 0.4) is 0 Å². The molecule has 0 aliphatic carbocycles. The summed E-state index contributed by atoms with van der Waals surface area (Å²) in [6.45, 7) is 6.86. The number of fused-ring (bicyclic) bond motifs is 1. The van der Waals surface area contributed by atoms with Crippen LogP contribution in [0.4, 0.5) is 5.95 Å². The van der Waals surface area contributed by atoms with Gasteiger partial charge in [-0.3, -0.25) is 0 Å². The van der Waals surface area contributed by atoms with Gasteiger partial charge in [0.1, 0.15) is 5.75 Å². The highest BCUT2D eigenvalue weighted by Gasteiger charge is 2.17. The van der Waals surface area contributed by atoms with Crippen molar-refractivity contribution in [3.05, 3.63) is 35.5 Å². The summed E-state index contributed by atoms with van der Waals surface area (Å²) in [7, 11) is 0. The zero-order valence-corrected chi connectivity index (χ0v) is 13.7. The van der Waals surface area contributed by atoms with Crippen LogP contribution in [0.2, 0.25) is 0 Å². The van der Waals surface area contributed by atoms with E-state index in [4.69, 9.17) is 4.74 Å². The Morgan fingerprint density at radius 3 is 2.67 bits per heavy atom. The molecular formula is C17H19N5O2. The number of ether oxygens (including phenoxy) is 1. The van der Waals surface area contributed by atoms with E-state index in [0.717, 1.165) is 29.8 Å². The van der Waals surface area contributed by atoms with Crippen molar-refractivity contribution in [2.45, 2.75) is 13.8 Å². The minimum absolute atomic E-state index is 0.234. The van der Waals surface area contributed by atoms with Crippen LogP contribution in [0.15, 0.2) is 24.4 Å². The predicted molar refractivity (Wildman–Crippen MR) is 90.4 cm³/mol. The highest BCUT2D eigenvalue weighted by Crippen LogP contribution is 2.32. The van der Waals surface area contributed by atoms with Crippen LogP contribution in [0.5, 0.6) is 5.75 Å². The summed E-state index contributed by atoms with van der Waals surface area (Å²) < 4.78 is 7.02. The van der Waals surface area contributed by atoms with E-state index in [2.05, 4.69) is 20.0 Å². The molecule has 0 unspecified atom stereocenters. The molecule has 0 spiro atoms. The van der Waals surface area contributed by atoms with E-state index < -0.39 is 0 Å². The highest BCUT2D eigenvalue weighted by atomic mass is 16.5. The molecule has 7 heteroatoms. The Morgan fingerprint density at radius 2 is 1.92 bits per heavy atom. The van der Waals surface area contributed by atoms with Gasteiger partial charge in [0.25, 0.3) is 5.78 Å². The Kier molecular flexibility index (Phi) is 3.57. The lowest BCUT2D eigenvalue weighted by molar-refractivity contribution is 0.122. The van der Waals surface area contributed by atoms with Crippen molar-refractivity contribution in [1.82, 2.24) is 19.6 Å². The summed E-state index contributed by atoms with van der Waals surface area (Å²) >= 11 is 0. The van der Waals surface area contributed by atoms with Gasteiger partial charge in [0.2, 0.25) is 5.95 Å². The minimum atomic E-state index is 0.234. The number of nitrogens with zero attached hydrogens (tertiary/aromatic N) is 5. The number of phenols is 1. The van der Waals surface area contributed by atoms with Gasteiger partial charge in [-0.1, -0.05) is 6.07 Å². The third kappa shape index (κ3) is 2.56. The first-order valence-electron chi connectivity index (χ1n) is 7.98. The van der Waals surface area contributed by atoms with Crippen molar-refractivity contribution in [3.8, 4) is 17.0 Å². The molecule has 124 valence electrons. The van der Waals surface area contributed by atoms with E-state index in [1.807, 2.05) is 32.2 Å². The average molecular weight is 325 g/mol. The number of hydrogen-bond acceptors (Lipinski definition) is 6. The summed E-state index contributed by atoms with van der Waals surface area (Å²) in [5.74, 6) is 1.42. The van der Waals surface area contributed by atoms with E-state index in [0.29, 0.717) is 30.6 Å². The lowest BCUT2D eigenvalue weighted by atomic mass is 10.0. The van der Waals surface area contributed by atoms with E-state index >= 15 is 0 Å². The molecular weight excluding hydrogens is 306 g/mol. The molecule has 0 radical (unpaired) electrons. The van der Waals surface area contributed by atoms with E-state index in [1.165, 1.54) is 0 Å². The monoisotopic (exact) mass is 325 g/mol. The molecule has 0 saturated carbocycles. The second-order valence-electron chi connectivity index (χ2n) is 6.04. The number of hydrogen-bond donors (Lipinski definition) is 1. The summed E-state index contributed by atoms with van der Waals surface area (Å²) in [5.41, 5.74) is 3.43. The maximum atomic E-state index is 10.3. The Labute approximate surface area is 139 Å².